The first-order valence-electron chi connectivity index (χ1n) is 4.32. The molecule has 0 unspecified atom stereocenters. The lowest BCUT2D eigenvalue weighted by Crippen LogP contribution is -2.02. The van der Waals surface area contributed by atoms with E-state index in [9.17, 15) is 17.9 Å². The van der Waals surface area contributed by atoms with Crippen LogP contribution in [0.4, 0.5) is 4.39 Å². The number of phenols is 1. The van der Waals surface area contributed by atoms with Gasteiger partial charge in [-0.3, -0.25) is 0 Å². The predicted molar refractivity (Wildman–Crippen MR) is 58.0 cm³/mol. The van der Waals surface area contributed by atoms with Gasteiger partial charge in [-0.05, 0) is 18.1 Å². The van der Waals surface area contributed by atoms with E-state index in [-0.39, 0.29) is 23.5 Å². The lowest BCUT2D eigenvalue weighted by molar-refractivity contribution is 0.362. The van der Waals surface area contributed by atoms with Crippen molar-refractivity contribution in [2.45, 2.75) is 6.42 Å². The van der Waals surface area contributed by atoms with Crippen LogP contribution in [0.2, 0.25) is 0 Å². The molecule has 16 heavy (non-hydrogen) atoms. The molecule has 7 heteroatoms. The van der Waals surface area contributed by atoms with Crippen molar-refractivity contribution < 1.29 is 22.7 Å². The lowest BCUT2D eigenvalue weighted by Gasteiger charge is -2.07. The number of hydrogen-bond acceptors (Lipinski definition) is 4. The van der Waals surface area contributed by atoms with Gasteiger partial charge in [0, 0.05) is 10.7 Å². The molecule has 0 amide bonds. The molecule has 0 aliphatic carbocycles. The van der Waals surface area contributed by atoms with E-state index in [1.165, 1.54) is 19.2 Å². The highest BCUT2D eigenvalue weighted by atomic mass is 35.7. The zero-order valence-corrected chi connectivity index (χ0v) is 9.98. The molecule has 90 valence electrons. The third-order valence-electron chi connectivity index (χ3n) is 2.00. The van der Waals surface area contributed by atoms with Gasteiger partial charge in [0.2, 0.25) is 14.9 Å². The summed E-state index contributed by atoms with van der Waals surface area (Å²) in [5.41, 5.74) is 0.169. The molecule has 1 N–H and O–H groups in total. The van der Waals surface area contributed by atoms with Crippen LogP contribution in [-0.2, 0) is 15.5 Å². The number of hydrogen-bond donors (Lipinski definition) is 1. The molecule has 0 aromatic heterocycles. The molecule has 0 spiro atoms. The Labute approximate surface area is 97.0 Å². The summed E-state index contributed by atoms with van der Waals surface area (Å²) >= 11 is 0. The first-order valence-corrected chi connectivity index (χ1v) is 6.79. The highest BCUT2D eigenvalue weighted by molar-refractivity contribution is 8.13. The van der Waals surface area contributed by atoms with Crippen molar-refractivity contribution >= 4 is 19.7 Å². The molecule has 1 aromatic rings. The summed E-state index contributed by atoms with van der Waals surface area (Å²) in [6.45, 7) is 0. The van der Waals surface area contributed by atoms with E-state index in [1.54, 1.807) is 0 Å². The molecular weight excluding hydrogens is 259 g/mol. The van der Waals surface area contributed by atoms with Crippen LogP contribution in [-0.4, -0.2) is 26.4 Å². The second-order valence-corrected chi connectivity index (χ2v) is 5.98. The molecule has 0 heterocycles. The fraction of sp³-hybridized carbons (Fsp3) is 0.333. The maximum absolute atomic E-state index is 13.3. The third-order valence-corrected chi connectivity index (χ3v) is 3.15. The van der Waals surface area contributed by atoms with Crippen molar-refractivity contribution in [2.24, 2.45) is 0 Å². The van der Waals surface area contributed by atoms with E-state index >= 15 is 0 Å². The molecule has 0 fully saturated rings. The molecule has 0 radical (unpaired) electrons. The number of ether oxygens (including phenoxy) is 1. The number of halogens is 2. The van der Waals surface area contributed by atoms with Gasteiger partial charge < -0.3 is 9.84 Å². The van der Waals surface area contributed by atoms with E-state index in [0.717, 1.165) is 0 Å². The number of aryl methyl sites for hydroxylation is 1. The molecule has 0 aliphatic heterocycles. The lowest BCUT2D eigenvalue weighted by atomic mass is 10.1. The van der Waals surface area contributed by atoms with Gasteiger partial charge in [0.15, 0.2) is 11.5 Å². The monoisotopic (exact) mass is 268 g/mol. The minimum absolute atomic E-state index is 0.0570. The van der Waals surface area contributed by atoms with E-state index in [4.69, 9.17) is 10.7 Å². The molecular formula is C9H10ClFO4S. The SMILES string of the molecule is COc1ccc(CCS(=O)(=O)Cl)c(O)c1F. The van der Waals surface area contributed by atoms with Gasteiger partial charge in [-0.15, -0.1) is 0 Å². The average molecular weight is 269 g/mol. The van der Waals surface area contributed by atoms with Gasteiger partial charge >= 0.3 is 0 Å². The van der Waals surface area contributed by atoms with Crippen molar-refractivity contribution in [1.29, 1.82) is 0 Å². The van der Waals surface area contributed by atoms with Crippen LogP contribution < -0.4 is 4.74 Å². The second-order valence-electron chi connectivity index (χ2n) is 3.08. The summed E-state index contributed by atoms with van der Waals surface area (Å²) in [5.74, 6) is -1.99. The fourth-order valence-corrected chi connectivity index (χ4v) is 1.87. The predicted octanol–water partition coefficient (Wildman–Crippen LogP) is 1.65. The van der Waals surface area contributed by atoms with E-state index in [1.807, 2.05) is 0 Å². The van der Waals surface area contributed by atoms with Gasteiger partial charge in [0.1, 0.15) is 0 Å². The van der Waals surface area contributed by atoms with Crippen LogP contribution in [0.15, 0.2) is 12.1 Å². The maximum Gasteiger partial charge on any atom is 0.232 e. The summed E-state index contributed by atoms with van der Waals surface area (Å²) in [6.07, 6.45) is -0.0570. The summed E-state index contributed by atoms with van der Waals surface area (Å²) < 4.78 is 39.4. The van der Waals surface area contributed by atoms with Crippen molar-refractivity contribution in [1.82, 2.24) is 0 Å². The largest absolute Gasteiger partial charge is 0.505 e. The van der Waals surface area contributed by atoms with Crippen LogP contribution >= 0.6 is 10.7 Å². The topological polar surface area (TPSA) is 63.6 Å². The van der Waals surface area contributed by atoms with Gasteiger partial charge in [-0.1, -0.05) is 6.07 Å². The Hall–Kier alpha value is -1.01. The molecule has 4 nitrogen and oxygen atoms in total. The third kappa shape index (κ3) is 3.24. The minimum Gasteiger partial charge on any atom is -0.505 e. The Morgan fingerprint density at radius 2 is 2.12 bits per heavy atom. The van der Waals surface area contributed by atoms with Crippen LogP contribution in [0.25, 0.3) is 0 Å². The van der Waals surface area contributed by atoms with E-state index < -0.39 is 20.6 Å². The highest BCUT2D eigenvalue weighted by Gasteiger charge is 2.14. The van der Waals surface area contributed by atoms with E-state index in [0.29, 0.717) is 0 Å². The number of benzene rings is 1. The quantitative estimate of drug-likeness (QED) is 0.844. The smallest absolute Gasteiger partial charge is 0.232 e. The Morgan fingerprint density at radius 1 is 1.50 bits per heavy atom. The maximum atomic E-state index is 13.3. The average Bonchev–Trinajstić information content (AvgIpc) is 2.19. The number of phenolic OH excluding ortho intramolecular Hbond substituents is 1. The molecule has 0 aliphatic rings. The minimum atomic E-state index is -3.66. The van der Waals surface area contributed by atoms with E-state index in [2.05, 4.69) is 4.74 Å². The molecule has 0 saturated heterocycles. The Bertz CT molecular complexity index is 487. The van der Waals surface area contributed by atoms with Crippen molar-refractivity contribution in [3.8, 4) is 11.5 Å². The van der Waals surface area contributed by atoms with Crippen LogP contribution in [0, 0.1) is 5.82 Å². The van der Waals surface area contributed by atoms with Crippen LogP contribution in [0.5, 0.6) is 11.5 Å². The van der Waals surface area contributed by atoms with Gasteiger partial charge in [0.25, 0.3) is 0 Å². The first-order chi connectivity index (χ1) is 7.35. The molecule has 0 atom stereocenters. The van der Waals surface area contributed by atoms with Gasteiger partial charge in [0.05, 0.1) is 12.9 Å². The second kappa shape index (κ2) is 4.88. The molecule has 0 saturated carbocycles. The Balaban J connectivity index is 2.95. The number of aromatic hydroxyl groups is 1. The Kier molecular flexibility index (Phi) is 3.98. The number of methoxy groups -OCH3 is 1. The summed E-state index contributed by atoms with van der Waals surface area (Å²) in [5, 5.41) is 9.41. The summed E-state index contributed by atoms with van der Waals surface area (Å²) in [6, 6.07) is 2.70. The zero-order valence-electron chi connectivity index (χ0n) is 8.41. The summed E-state index contributed by atoms with van der Waals surface area (Å²) in [4.78, 5) is 0. The Morgan fingerprint density at radius 3 is 2.62 bits per heavy atom. The highest BCUT2D eigenvalue weighted by Crippen LogP contribution is 2.29. The fourth-order valence-electron chi connectivity index (χ4n) is 1.18. The molecule has 1 aromatic carbocycles. The molecule has 1 rings (SSSR count). The van der Waals surface area contributed by atoms with Crippen molar-refractivity contribution in [3.63, 3.8) is 0 Å². The summed E-state index contributed by atoms with van der Waals surface area (Å²) in [7, 11) is 2.61. The molecule has 0 bridgehead atoms. The zero-order chi connectivity index (χ0) is 12.3. The first kappa shape index (κ1) is 13.1. The van der Waals surface area contributed by atoms with Gasteiger partial charge in [-0.2, -0.15) is 4.39 Å². The van der Waals surface area contributed by atoms with Crippen LogP contribution in [0.1, 0.15) is 5.56 Å². The van der Waals surface area contributed by atoms with Crippen molar-refractivity contribution in [2.75, 3.05) is 12.9 Å². The van der Waals surface area contributed by atoms with Gasteiger partial charge in [-0.25, -0.2) is 8.42 Å². The van der Waals surface area contributed by atoms with Crippen LogP contribution in [0.3, 0.4) is 0 Å². The normalized spacial score (nSPS) is 11.4. The number of rotatable bonds is 4. The van der Waals surface area contributed by atoms with Crippen molar-refractivity contribution in [3.05, 3.63) is 23.5 Å². The standard InChI is InChI=1S/C9H10ClFO4S/c1-15-7-3-2-6(9(12)8(7)11)4-5-16(10,13)14/h2-3,12H,4-5H2,1H3.